The molecular formula is C6H5ClF5I. The van der Waals surface area contributed by atoms with E-state index >= 15 is 0 Å². The average molecular weight is 334 g/mol. The number of hydrogen-bond acceptors (Lipinski definition) is 0. The van der Waals surface area contributed by atoms with Crippen molar-refractivity contribution in [1.82, 2.24) is 0 Å². The first-order chi connectivity index (χ1) is 5.60. The van der Waals surface area contributed by atoms with E-state index in [-0.39, 0.29) is 0 Å². The van der Waals surface area contributed by atoms with Crippen molar-refractivity contribution in [1.29, 1.82) is 0 Å². The molecular weight excluding hydrogens is 329 g/mol. The largest absolute Gasteiger partial charge is 0.354 e. The summed E-state index contributed by atoms with van der Waals surface area (Å²) in [5.74, 6) is -9.18. The Morgan fingerprint density at radius 3 is 1.46 bits per heavy atom. The topological polar surface area (TPSA) is 0 Å². The summed E-state index contributed by atoms with van der Waals surface area (Å²) in [5, 5.41) is -1.08. The summed E-state index contributed by atoms with van der Waals surface area (Å²) in [6.45, 7) is 1.20. The van der Waals surface area contributed by atoms with Crippen LogP contribution in [-0.4, -0.2) is 26.8 Å². The van der Waals surface area contributed by atoms with Gasteiger partial charge in [0.15, 0.2) is 0 Å². The number of alkyl halides is 7. The molecule has 1 rings (SSSR count). The Morgan fingerprint density at radius 1 is 1.08 bits per heavy atom. The van der Waals surface area contributed by atoms with Gasteiger partial charge >= 0.3 is 11.8 Å². The van der Waals surface area contributed by atoms with Crippen LogP contribution in [0.5, 0.6) is 0 Å². The van der Waals surface area contributed by atoms with Gasteiger partial charge in [-0.25, -0.2) is 4.39 Å². The minimum atomic E-state index is -4.59. The minimum Gasteiger partial charge on any atom is -0.229 e. The van der Waals surface area contributed by atoms with Crippen molar-refractivity contribution >= 4 is 34.2 Å². The van der Waals surface area contributed by atoms with E-state index in [4.69, 9.17) is 11.6 Å². The van der Waals surface area contributed by atoms with E-state index in [2.05, 4.69) is 0 Å². The normalized spacial score (nSPS) is 32.3. The van der Waals surface area contributed by atoms with E-state index in [1.54, 1.807) is 0 Å². The Balaban J connectivity index is 2.95. The van der Waals surface area contributed by atoms with Crippen molar-refractivity contribution in [3.05, 3.63) is 0 Å². The van der Waals surface area contributed by atoms with Crippen molar-refractivity contribution < 1.29 is 22.0 Å². The van der Waals surface area contributed by atoms with Gasteiger partial charge in [-0.2, -0.15) is 17.6 Å². The van der Waals surface area contributed by atoms with Crippen LogP contribution < -0.4 is 0 Å². The molecule has 1 aliphatic rings. The molecule has 2 unspecified atom stereocenters. The van der Waals surface area contributed by atoms with Crippen LogP contribution in [0.3, 0.4) is 0 Å². The molecule has 1 aliphatic carbocycles. The van der Waals surface area contributed by atoms with E-state index < -0.39 is 26.8 Å². The first-order valence-corrected chi connectivity index (χ1v) is 5.01. The lowest BCUT2D eigenvalue weighted by Gasteiger charge is -2.15. The molecule has 0 saturated heterocycles. The second kappa shape index (κ2) is 2.84. The average Bonchev–Trinajstić information content (AvgIpc) is 2.28. The third kappa shape index (κ3) is 1.13. The van der Waals surface area contributed by atoms with Gasteiger partial charge in [0, 0.05) is 5.38 Å². The summed E-state index contributed by atoms with van der Waals surface area (Å²) >= 11 is 6.48. The summed E-state index contributed by atoms with van der Waals surface area (Å²) in [6, 6.07) is 0. The van der Waals surface area contributed by atoms with Crippen LogP contribution in [0.15, 0.2) is 0 Å². The molecule has 2 atom stereocenters. The second-order valence-corrected chi connectivity index (χ2v) is 4.97. The molecule has 1 saturated carbocycles. The van der Waals surface area contributed by atoms with Crippen LogP contribution >= 0.6 is 34.2 Å². The molecule has 0 aliphatic heterocycles. The fraction of sp³-hybridized carbons (Fsp3) is 1.00. The molecule has 0 amide bonds. The van der Waals surface area contributed by atoms with Gasteiger partial charge in [0.1, 0.15) is 0 Å². The number of rotatable bonds is 2. The summed E-state index contributed by atoms with van der Waals surface area (Å²) in [5.41, 5.74) is -3.79. The van der Waals surface area contributed by atoms with Crippen LogP contribution in [0.25, 0.3) is 0 Å². The maximum Gasteiger partial charge on any atom is 0.354 e. The third-order valence-corrected chi connectivity index (χ3v) is 4.64. The third-order valence-electron chi connectivity index (χ3n) is 2.03. The monoisotopic (exact) mass is 334 g/mol. The molecule has 0 N–H and O–H groups in total. The smallest absolute Gasteiger partial charge is 0.229 e. The van der Waals surface area contributed by atoms with E-state index in [1.165, 1.54) is 29.5 Å². The van der Waals surface area contributed by atoms with Gasteiger partial charge in [-0.1, -0.05) is 22.6 Å². The van der Waals surface area contributed by atoms with Gasteiger partial charge in [-0.15, -0.1) is 11.6 Å². The van der Waals surface area contributed by atoms with Crippen molar-refractivity contribution in [3.8, 4) is 0 Å². The molecule has 0 aromatic rings. The van der Waals surface area contributed by atoms with Gasteiger partial charge in [0.25, 0.3) is 5.67 Å². The molecule has 0 bridgehead atoms. The predicted molar refractivity (Wildman–Crippen MR) is 46.9 cm³/mol. The fourth-order valence-corrected chi connectivity index (χ4v) is 2.02. The fourth-order valence-electron chi connectivity index (χ4n) is 1.07. The Labute approximate surface area is 90.0 Å². The summed E-state index contributed by atoms with van der Waals surface area (Å²) in [7, 11) is 0. The highest BCUT2D eigenvalue weighted by Gasteiger charge is 3.00. The molecule has 0 aromatic carbocycles. The minimum absolute atomic E-state index is 1.08. The first kappa shape index (κ1) is 11.7. The van der Waals surface area contributed by atoms with Crippen LogP contribution in [0.4, 0.5) is 22.0 Å². The Kier molecular flexibility index (Phi) is 2.56. The van der Waals surface area contributed by atoms with Gasteiger partial charge in [0.2, 0.25) is 0 Å². The standard InChI is InChI=1S/C6H5ClF5I/c1-2(7)3(13)4(8)5(9,10)6(4,11)12/h2-3H,1H3. The molecule has 0 radical (unpaired) electrons. The zero-order chi connectivity index (χ0) is 10.7. The molecule has 13 heavy (non-hydrogen) atoms. The predicted octanol–water partition coefficient (Wildman–Crippen LogP) is 3.41. The zero-order valence-corrected chi connectivity index (χ0v) is 9.21. The Morgan fingerprint density at radius 2 is 1.38 bits per heavy atom. The van der Waals surface area contributed by atoms with E-state index in [0.717, 1.165) is 0 Å². The lowest BCUT2D eigenvalue weighted by molar-refractivity contribution is -0.0278. The first-order valence-electron chi connectivity index (χ1n) is 3.33. The van der Waals surface area contributed by atoms with Crippen molar-refractivity contribution in [2.75, 3.05) is 0 Å². The highest BCUT2D eigenvalue weighted by Crippen LogP contribution is 2.71. The Bertz CT molecular complexity index is 215. The zero-order valence-electron chi connectivity index (χ0n) is 6.30. The van der Waals surface area contributed by atoms with Crippen LogP contribution in [0.2, 0.25) is 0 Å². The molecule has 0 heterocycles. The van der Waals surface area contributed by atoms with Crippen LogP contribution in [0, 0.1) is 0 Å². The quantitative estimate of drug-likeness (QED) is 0.412. The summed E-state index contributed by atoms with van der Waals surface area (Å²) < 4.78 is 61.0. The van der Waals surface area contributed by atoms with E-state index in [1.807, 2.05) is 0 Å². The maximum atomic E-state index is 13.1. The molecule has 0 nitrogen and oxygen atoms in total. The highest BCUT2D eigenvalue weighted by atomic mass is 127. The number of hydrogen-bond donors (Lipinski definition) is 0. The summed E-state index contributed by atoms with van der Waals surface area (Å²) in [6.07, 6.45) is 0. The van der Waals surface area contributed by atoms with Crippen molar-refractivity contribution in [3.63, 3.8) is 0 Å². The lowest BCUT2D eigenvalue weighted by atomic mass is 10.2. The van der Waals surface area contributed by atoms with Gasteiger partial charge < -0.3 is 0 Å². The molecule has 78 valence electrons. The Hall–Kier alpha value is 0.670. The SMILES string of the molecule is CC(Cl)C(I)C1(F)C(F)(F)C1(F)F. The maximum absolute atomic E-state index is 13.1. The van der Waals surface area contributed by atoms with Crippen molar-refractivity contribution in [2.45, 2.75) is 33.7 Å². The van der Waals surface area contributed by atoms with Crippen LogP contribution in [-0.2, 0) is 0 Å². The van der Waals surface area contributed by atoms with Crippen molar-refractivity contribution in [2.24, 2.45) is 0 Å². The molecule has 7 heteroatoms. The molecule has 0 aromatic heterocycles. The number of halogens is 7. The van der Waals surface area contributed by atoms with E-state index in [0.29, 0.717) is 0 Å². The second-order valence-electron chi connectivity index (χ2n) is 2.94. The summed E-state index contributed by atoms with van der Waals surface area (Å²) in [4.78, 5) is 0. The highest BCUT2D eigenvalue weighted by molar-refractivity contribution is 14.1. The molecule has 1 fully saturated rings. The lowest BCUT2D eigenvalue weighted by Crippen LogP contribution is -2.32. The molecule has 0 spiro atoms. The van der Waals surface area contributed by atoms with Gasteiger partial charge in [-0.05, 0) is 6.92 Å². The van der Waals surface area contributed by atoms with Crippen LogP contribution in [0.1, 0.15) is 6.92 Å². The van der Waals surface area contributed by atoms with E-state index in [9.17, 15) is 22.0 Å². The van der Waals surface area contributed by atoms with Gasteiger partial charge in [0.05, 0.1) is 3.92 Å². The van der Waals surface area contributed by atoms with Gasteiger partial charge in [-0.3, -0.25) is 0 Å².